The zero-order valence-electron chi connectivity index (χ0n) is 17.4. The summed E-state index contributed by atoms with van der Waals surface area (Å²) < 4.78 is 10.5. The number of imidazole rings is 1. The summed E-state index contributed by atoms with van der Waals surface area (Å²) in [5, 5.41) is 4.51. The molecule has 0 radical (unpaired) electrons. The summed E-state index contributed by atoms with van der Waals surface area (Å²) in [6.45, 7) is 3.82. The van der Waals surface area contributed by atoms with E-state index in [1.807, 2.05) is 38.1 Å². The zero-order chi connectivity index (χ0) is 21.7. The van der Waals surface area contributed by atoms with Gasteiger partial charge in [0.05, 0.1) is 34.9 Å². The number of nitrogens with zero attached hydrogens (tertiary/aromatic N) is 3. The lowest BCUT2D eigenvalue weighted by molar-refractivity contribution is -0.117. The van der Waals surface area contributed by atoms with Crippen LogP contribution in [0.5, 0.6) is 5.75 Å². The van der Waals surface area contributed by atoms with E-state index in [4.69, 9.17) is 25.8 Å². The lowest BCUT2D eigenvalue weighted by Gasteiger charge is -2.24. The molecule has 31 heavy (non-hydrogen) atoms. The number of ether oxygens (including phenoxy) is 1. The SMILES string of the molecule is COc1ccc(N2C(=O)CC[C@H]2c2nc3cc(-c4c(C)noc4C)ccc3[nH]2)cc1Cl. The van der Waals surface area contributed by atoms with Gasteiger partial charge in [-0.3, -0.25) is 4.79 Å². The van der Waals surface area contributed by atoms with Crippen molar-refractivity contribution in [3.8, 4) is 16.9 Å². The molecule has 1 aliphatic rings. The standard InChI is InChI=1S/C23H21ClN4O3/c1-12-22(13(2)31-27-12)14-4-6-17-18(10-14)26-23(25-17)19-7-9-21(29)28(19)15-5-8-20(30-3)16(24)11-15/h4-6,8,10-11,19H,7,9H2,1-3H3,(H,25,26)/t19-/m0/s1. The van der Waals surface area contributed by atoms with Crippen molar-refractivity contribution in [2.24, 2.45) is 0 Å². The molecule has 2 aromatic heterocycles. The number of rotatable bonds is 4. The molecule has 4 aromatic rings. The van der Waals surface area contributed by atoms with Gasteiger partial charge in [-0.1, -0.05) is 22.8 Å². The fraction of sp³-hybridized carbons (Fsp3) is 0.261. The first-order valence-corrected chi connectivity index (χ1v) is 10.4. The predicted octanol–water partition coefficient (Wildman–Crippen LogP) is 5.36. The summed E-state index contributed by atoms with van der Waals surface area (Å²) in [6.07, 6.45) is 1.13. The van der Waals surface area contributed by atoms with Crippen molar-refractivity contribution in [2.75, 3.05) is 12.0 Å². The number of carbonyl (C=O) groups is 1. The van der Waals surface area contributed by atoms with Crippen LogP contribution in [0.3, 0.4) is 0 Å². The van der Waals surface area contributed by atoms with Gasteiger partial charge in [0.15, 0.2) is 0 Å². The average molecular weight is 437 g/mol. The van der Waals surface area contributed by atoms with Gasteiger partial charge >= 0.3 is 0 Å². The predicted molar refractivity (Wildman–Crippen MR) is 119 cm³/mol. The second-order valence-electron chi connectivity index (χ2n) is 7.69. The van der Waals surface area contributed by atoms with Crippen molar-refractivity contribution < 1.29 is 14.1 Å². The Morgan fingerprint density at radius 1 is 1.23 bits per heavy atom. The number of H-pyrrole nitrogens is 1. The third-order valence-corrected chi connectivity index (χ3v) is 6.06. The quantitative estimate of drug-likeness (QED) is 0.465. The number of anilines is 1. The Labute approximate surface area is 184 Å². The van der Waals surface area contributed by atoms with Gasteiger partial charge in [-0.25, -0.2) is 4.98 Å². The number of amides is 1. The van der Waals surface area contributed by atoms with Crippen LogP contribution in [0.2, 0.25) is 5.02 Å². The Kier molecular flexibility index (Phi) is 4.70. The smallest absolute Gasteiger partial charge is 0.227 e. The number of hydrogen-bond acceptors (Lipinski definition) is 5. The number of fused-ring (bicyclic) bond motifs is 1. The summed E-state index contributed by atoms with van der Waals surface area (Å²) in [4.78, 5) is 22.7. The van der Waals surface area contributed by atoms with E-state index in [2.05, 4.69) is 10.1 Å². The van der Waals surface area contributed by atoms with E-state index in [0.717, 1.165) is 45.1 Å². The third-order valence-electron chi connectivity index (χ3n) is 5.76. The fourth-order valence-corrected chi connectivity index (χ4v) is 4.56. The summed E-state index contributed by atoms with van der Waals surface area (Å²) >= 11 is 6.31. The zero-order valence-corrected chi connectivity index (χ0v) is 18.2. The van der Waals surface area contributed by atoms with E-state index < -0.39 is 0 Å². The Hall–Kier alpha value is -3.32. The molecule has 1 atom stereocenters. The number of benzene rings is 2. The highest BCUT2D eigenvalue weighted by molar-refractivity contribution is 6.32. The molecule has 7 nitrogen and oxygen atoms in total. The molecule has 8 heteroatoms. The van der Waals surface area contributed by atoms with Gasteiger partial charge < -0.3 is 19.1 Å². The van der Waals surface area contributed by atoms with Gasteiger partial charge in [0.2, 0.25) is 5.91 Å². The first-order valence-electron chi connectivity index (χ1n) is 10.0. The molecule has 0 aliphatic carbocycles. The molecule has 1 saturated heterocycles. The maximum Gasteiger partial charge on any atom is 0.227 e. The lowest BCUT2D eigenvalue weighted by Crippen LogP contribution is -2.27. The minimum atomic E-state index is -0.188. The van der Waals surface area contributed by atoms with E-state index in [0.29, 0.717) is 23.6 Å². The van der Waals surface area contributed by atoms with Crippen molar-refractivity contribution in [3.63, 3.8) is 0 Å². The van der Waals surface area contributed by atoms with E-state index in [-0.39, 0.29) is 11.9 Å². The van der Waals surface area contributed by atoms with Crippen LogP contribution in [0.4, 0.5) is 5.69 Å². The molecular formula is C23H21ClN4O3. The summed E-state index contributed by atoms with van der Waals surface area (Å²) in [5.41, 5.74) is 5.31. The molecule has 5 rings (SSSR count). The monoisotopic (exact) mass is 436 g/mol. The first kappa shape index (κ1) is 19.6. The molecule has 1 aliphatic heterocycles. The lowest BCUT2D eigenvalue weighted by atomic mass is 10.0. The van der Waals surface area contributed by atoms with Crippen LogP contribution < -0.4 is 9.64 Å². The topological polar surface area (TPSA) is 84.2 Å². The maximum absolute atomic E-state index is 12.7. The second-order valence-corrected chi connectivity index (χ2v) is 8.10. The second kappa shape index (κ2) is 7.42. The van der Waals surface area contributed by atoms with Crippen molar-refractivity contribution >= 4 is 34.2 Å². The number of nitrogens with one attached hydrogen (secondary N) is 1. The van der Waals surface area contributed by atoms with Crippen LogP contribution in [-0.2, 0) is 4.79 Å². The maximum atomic E-state index is 12.7. The van der Waals surface area contributed by atoms with Crippen LogP contribution >= 0.6 is 11.6 Å². The molecule has 0 unspecified atom stereocenters. The number of aryl methyl sites for hydroxylation is 2. The van der Waals surface area contributed by atoms with Crippen LogP contribution in [-0.4, -0.2) is 28.1 Å². The Morgan fingerprint density at radius 3 is 2.77 bits per heavy atom. The highest BCUT2D eigenvalue weighted by atomic mass is 35.5. The van der Waals surface area contributed by atoms with Crippen LogP contribution in [0, 0.1) is 13.8 Å². The normalized spacial score (nSPS) is 16.5. The molecule has 1 amide bonds. The van der Waals surface area contributed by atoms with Gasteiger partial charge in [-0.2, -0.15) is 0 Å². The molecule has 3 heterocycles. The molecule has 0 spiro atoms. The number of aromatic nitrogens is 3. The first-order chi connectivity index (χ1) is 15.0. The van der Waals surface area contributed by atoms with E-state index in [1.54, 1.807) is 24.1 Å². The van der Waals surface area contributed by atoms with Gasteiger partial charge in [0.1, 0.15) is 17.3 Å². The van der Waals surface area contributed by atoms with E-state index in [9.17, 15) is 4.79 Å². The van der Waals surface area contributed by atoms with E-state index >= 15 is 0 Å². The van der Waals surface area contributed by atoms with Gasteiger partial charge in [-0.05, 0) is 56.2 Å². The molecule has 0 bridgehead atoms. The molecule has 0 saturated carbocycles. The minimum absolute atomic E-state index is 0.0445. The summed E-state index contributed by atoms with van der Waals surface area (Å²) in [6, 6.07) is 11.2. The highest BCUT2D eigenvalue weighted by Crippen LogP contribution is 2.39. The minimum Gasteiger partial charge on any atom is -0.495 e. The van der Waals surface area contributed by atoms with Crippen molar-refractivity contribution in [1.29, 1.82) is 0 Å². The van der Waals surface area contributed by atoms with E-state index in [1.165, 1.54) is 0 Å². The third kappa shape index (κ3) is 3.25. The van der Waals surface area contributed by atoms with Crippen molar-refractivity contribution in [1.82, 2.24) is 15.1 Å². The Balaban J connectivity index is 1.53. The number of hydrogen-bond donors (Lipinski definition) is 1. The molecular weight excluding hydrogens is 416 g/mol. The molecule has 158 valence electrons. The van der Waals surface area contributed by atoms with Crippen molar-refractivity contribution in [2.45, 2.75) is 32.7 Å². The summed E-state index contributed by atoms with van der Waals surface area (Å²) in [5.74, 6) is 2.15. The molecule has 2 aromatic carbocycles. The Morgan fingerprint density at radius 2 is 2.06 bits per heavy atom. The van der Waals surface area contributed by atoms with Crippen LogP contribution in [0.15, 0.2) is 40.9 Å². The average Bonchev–Trinajstić information content (AvgIpc) is 3.43. The Bertz CT molecular complexity index is 1290. The van der Waals surface area contributed by atoms with Crippen molar-refractivity contribution in [3.05, 3.63) is 58.7 Å². The number of methoxy groups -OCH3 is 1. The number of aromatic amines is 1. The largest absolute Gasteiger partial charge is 0.495 e. The van der Waals surface area contributed by atoms with Gasteiger partial charge in [0, 0.05) is 17.7 Å². The van der Waals surface area contributed by atoms with Gasteiger partial charge in [-0.15, -0.1) is 0 Å². The van der Waals surface area contributed by atoms with Crippen LogP contribution in [0.1, 0.15) is 36.2 Å². The van der Waals surface area contributed by atoms with Gasteiger partial charge in [0.25, 0.3) is 0 Å². The fourth-order valence-electron chi connectivity index (χ4n) is 4.31. The molecule has 1 fully saturated rings. The molecule has 1 N–H and O–H groups in total. The van der Waals surface area contributed by atoms with Crippen LogP contribution in [0.25, 0.3) is 22.2 Å². The number of halogens is 1. The summed E-state index contributed by atoms with van der Waals surface area (Å²) in [7, 11) is 1.57. The number of carbonyl (C=O) groups excluding carboxylic acids is 1. The highest BCUT2D eigenvalue weighted by Gasteiger charge is 2.35.